The Morgan fingerprint density at radius 1 is 1.00 bits per heavy atom. The van der Waals surface area contributed by atoms with Gasteiger partial charge in [0, 0.05) is 18.0 Å². The van der Waals surface area contributed by atoms with Gasteiger partial charge in [-0.2, -0.15) is 4.98 Å². The fraction of sp³-hybridized carbons (Fsp3) is 0.200. The molecule has 0 radical (unpaired) electrons. The van der Waals surface area contributed by atoms with E-state index in [1.54, 1.807) is 30.6 Å². The number of ether oxygens (including phenoxy) is 1. The topological polar surface area (TPSA) is 90.1 Å². The molecule has 162 valence electrons. The number of hydrogen-bond donors (Lipinski definition) is 1. The summed E-state index contributed by atoms with van der Waals surface area (Å²) < 4.78 is 11.1. The van der Waals surface area contributed by atoms with Crippen LogP contribution < -0.4 is 10.1 Å². The maximum absolute atomic E-state index is 12.5. The van der Waals surface area contributed by atoms with Crippen LogP contribution in [0.5, 0.6) is 5.75 Å². The van der Waals surface area contributed by atoms with Crippen molar-refractivity contribution in [2.45, 2.75) is 26.2 Å². The molecule has 32 heavy (non-hydrogen) atoms. The van der Waals surface area contributed by atoms with Gasteiger partial charge in [-0.05, 0) is 47.4 Å². The molecular formula is C25H24N4O3. The molecule has 2 aromatic heterocycles. The molecule has 0 saturated heterocycles. The summed E-state index contributed by atoms with van der Waals surface area (Å²) >= 11 is 0. The van der Waals surface area contributed by atoms with Crippen molar-refractivity contribution >= 4 is 11.6 Å². The van der Waals surface area contributed by atoms with Gasteiger partial charge in [0.2, 0.25) is 5.82 Å². The van der Waals surface area contributed by atoms with Crippen molar-refractivity contribution in [1.29, 1.82) is 0 Å². The molecule has 7 heteroatoms. The van der Waals surface area contributed by atoms with Crippen molar-refractivity contribution in [2.75, 3.05) is 11.9 Å². The zero-order chi connectivity index (χ0) is 22.6. The molecule has 0 saturated carbocycles. The van der Waals surface area contributed by atoms with Crippen LogP contribution in [0.3, 0.4) is 0 Å². The second kappa shape index (κ2) is 9.01. The molecule has 2 heterocycles. The highest BCUT2D eigenvalue weighted by Gasteiger charge is 2.16. The number of pyridine rings is 1. The summed E-state index contributed by atoms with van der Waals surface area (Å²) in [5.74, 6) is 1.11. The molecule has 0 spiro atoms. The fourth-order valence-corrected chi connectivity index (χ4v) is 3.12. The first-order chi connectivity index (χ1) is 15.4. The number of carbonyl (C=O) groups excluding carboxylic acids is 1. The van der Waals surface area contributed by atoms with Gasteiger partial charge in [-0.15, -0.1) is 0 Å². The van der Waals surface area contributed by atoms with Crippen LogP contribution >= 0.6 is 0 Å². The monoisotopic (exact) mass is 428 g/mol. The molecule has 0 aliphatic carbocycles. The zero-order valence-corrected chi connectivity index (χ0v) is 18.2. The third-order valence-electron chi connectivity index (χ3n) is 4.89. The fourth-order valence-electron chi connectivity index (χ4n) is 3.12. The average molecular weight is 428 g/mol. The molecule has 0 fully saturated rings. The molecule has 0 bridgehead atoms. The van der Waals surface area contributed by atoms with Crippen LogP contribution in [0.2, 0.25) is 0 Å². The minimum atomic E-state index is -0.286. The smallest absolute Gasteiger partial charge is 0.262 e. The van der Waals surface area contributed by atoms with E-state index in [2.05, 4.69) is 41.2 Å². The number of nitrogens with one attached hydrogen (secondary N) is 1. The molecule has 0 aliphatic heterocycles. The lowest BCUT2D eigenvalue weighted by Gasteiger charge is -2.19. The van der Waals surface area contributed by atoms with Gasteiger partial charge in [-0.1, -0.05) is 50.2 Å². The van der Waals surface area contributed by atoms with Gasteiger partial charge in [0.25, 0.3) is 11.8 Å². The zero-order valence-electron chi connectivity index (χ0n) is 18.2. The summed E-state index contributed by atoms with van der Waals surface area (Å²) in [6.07, 6.45) is 3.33. The number of para-hydroxylation sites is 1. The van der Waals surface area contributed by atoms with E-state index in [-0.39, 0.29) is 17.9 Å². The minimum Gasteiger partial charge on any atom is -0.484 e. The predicted octanol–water partition coefficient (Wildman–Crippen LogP) is 5.11. The van der Waals surface area contributed by atoms with Crippen molar-refractivity contribution in [3.63, 3.8) is 0 Å². The van der Waals surface area contributed by atoms with Gasteiger partial charge >= 0.3 is 0 Å². The summed E-state index contributed by atoms with van der Waals surface area (Å²) in [6.45, 7) is 6.33. The lowest BCUT2D eigenvalue weighted by atomic mass is 9.87. The average Bonchev–Trinajstić information content (AvgIpc) is 3.28. The first-order valence-corrected chi connectivity index (χ1v) is 10.3. The standard InChI is InChI=1S/C25H24N4O3/c1-25(2,3)18-8-10-19(11-9-18)31-16-22(30)27-21-7-5-4-6-20(21)24-28-23(29-32-24)17-12-14-26-15-13-17/h4-15H,16H2,1-3H3,(H,27,30). The molecule has 4 rings (SSSR count). The Hall–Kier alpha value is -4.00. The summed E-state index contributed by atoms with van der Waals surface area (Å²) in [4.78, 5) is 21.0. The van der Waals surface area contributed by atoms with E-state index >= 15 is 0 Å². The normalized spacial score (nSPS) is 11.2. The molecular weight excluding hydrogens is 404 g/mol. The van der Waals surface area contributed by atoms with Crippen LogP contribution in [-0.4, -0.2) is 27.6 Å². The van der Waals surface area contributed by atoms with E-state index < -0.39 is 0 Å². The summed E-state index contributed by atoms with van der Waals surface area (Å²) in [6, 6.07) is 18.6. The van der Waals surface area contributed by atoms with Crippen LogP contribution in [0.1, 0.15) is 26.3 Å². The predicted molar refractivity (Wildman–Crippen MR) is 122 cm³/mol. The Morgan fingerprint density at radius 3 is 2.44 bits per heavy atom. The molecule has 2 aromatic carbocycles. The molecule has 4 aromatic rings. The van der Waals surface area contributed by atoms with Crippen LogP contribution in [-0.2, 0) is 10.2 Å². The number of benzene rings is 2. The SMILES string of the molecule is CC(C)(C)c1ccc(OCC(=O)Nc2ccccc2-c2nc(-c3ccncc3)no2)cc1. The highest BCUT2D eigenvalue weighted by atomic mass is 16.5. The van der Waals surface area contributed by atoms with Crippen molar-refractivity contribution in [3.8, 4) is 28.6 Å². The van der Waals surface area contributed by atoms with E-state index in [1.165, 1.54) is 5.56 Å². The Labute approximate surface area is 186 Å². The lowest BCUT2D eigenvalue weighted by molar-refractivity contribution is -0.118. The van der Waals surface area contributed by atoms with Gasteiger partial charge in [0.15, 0.2) is 6.61 Å². The highest BCUT2D eigenvalue weighted by molar-refractivity contribution is 5.95. The molecule has 0 atom stereocenters. The lowest BCUT2D eigenvalue weighted by Crippen LogP contribution is -2.20. The van der Waals surface area contributed by atoms with Crippen LogP contribution in [0.4, 0.5) is 5.69 Å². The number of nitrogens with zero attached hydrogens (tertiary/aromatic N) is 3. The second-order valence-corrected chi connectivity index (χ2v) is 8.32. The molecule has 0 aliphatic rings. The Morgan fingerprint density at radius 2 is 1.72 bits per heavy atom. The minimum absolute atomic E-state index is 0.0611. The van der Waals surface area contributed by atoms with Gasteiger partial charge in [-0.3, -0.25) is 9.78 Å². The van der Waals surface area contributed by atoms with E-state index in [9.17, 15) is 4.79 Å². The first-order valence-electron chi connectivity index (χ1n) is 10.3. The van der Waals surface area contributed by atoms with Gasteiger partial charge in [0.1, 0.15) is 5.75 Å². The molecule has 7 nitrogen and oxygen atoms in total. The first kappa shape index (κ1) is 21.2. The second-order valence-electron chi connectivity index (χ2n) is 8.32. The highest BCUT2D eigenvalue weighted by Crippen LogP contribution is 2.28. The Kier molecular flexibility index (Phi) is 5.98. The van der Waals surface area contributed by atoms with Gasteiger partial charge < -0.3 is 14.6 Å². The van der Waals surface area contributed by atoms with E-state index in [4.69, 9.17) is 9.26 Å². The molecule has 0 unspecified atom stereocenters. The van der Waals surface area contributed by atoms with E-state index in [0.29, 0.717) is 28.7 Å². The van der Waals surface area contributed by atoms with Crippen LogP contribution in [0, 0.1) is 0 Å². The van der Waals surface area contributed by atoms with E-state index in [0.717, 1.165) is 5.56 Å². The Balaban J connectivity index is 1.43. The van der Waals surface area contributed by atoms with Crippen molar-refractivity contribution in [2.24, 2.45) is 0 Å². The number of carbonyl (C=O) groups is 1. The molecule has 1 amide bonds. The number of rotatable bonds is 6. The van der Waals surface area contributed by atoms with Crippen LogP contribution in [0.25, 0.3) is 22.8 Å². The largest absolute Gasteiger partial charge is 0.484 e. The molecule has 1 N–H and O–H groups in total. The quantitative estimate of drug-likeness (QED) is 0.459. The van der Waals surface area contributed by atoms with Crippen molar-refractivity contribution < 1.29 is 14.1 Å². The number of aromatic nitrogens is 3. The number of amides is 1. The summed E-state index contributed by atoms with van der Waals surface area (Å²) in [5, 5.41) is 6.89. The van der Waals surface area contributed by atoms with Crippen molar-refractivity contribution in [1.82, 2.24) is 15.1 Å². The summed E-state index contributed by atoms with van der Waals surface area (Å²) in [5.41, 5.74) is 3.25. The third-order valence-corrected chi connectivity index (χ3v) is 4.89. The third kappa shape index (κ3) is 5.00. The number of hydrogen-bond acceptors (Lipinski definition) is 6. The van der Waals surface area contributed by atoms with Gasteiger partial charge in [-0.25, -0.2) is 0 Å². The van der Waals surface area contributed by atoms with E-state index in [1.807, 2.05) is 42.5 Å². The van der Waals surface area contributed by atoms with Gasteiger partial charge in [0.05, 0.1) is 11.3 Å². The number of anilines is 1. The Bertz CT molecular complexity index is 1200. The van der Waals surface area contributed by atoms with Crippen molar-refractivity contribution in [3.05, 3.63) is 78.6 Å². The van der Waals surface area contributed by atoms with Crippen LogP contribution in [0.15, 0.2) is 77.6 Å². The maximum Gasteiger partial charge on any atom is 0.262 e. The maximum atomic E-state index is 12.5. The summed E-state index contributed by atoms with van der Waals surface area (Å²) in [7, 11) is 0.